The Hall–Kier alpha value is 2.41. The van der Waals surface area contributed by atoms with E-state index in [1.807, 2.05) is 0 Å². The molecule has 0 aromatic carbocycles. The van der Waals surface area contributed by atoms with Crippen LogP contribution in [-0.2, 0) is 9.59 Å². The van der Waals surface area contributed by atoms with Crippen molar-refractivity contribution in [2.75, 3.05) is 0 Å². The van der Waals surface area contributed by atoms with Crippen molar-refractivity contribution in [3.8, 4) is 0 Å². The Bertz CT molecular complexity index is 62.0. The van der Waals surface area contributed by atoms with Crippen LogP contribution in [0.25, 0.3) is 0 Å². The summed E-state index contributed by atoms with van der Waals surface area (Å²) in [6.45, 7) is 0. The Morgan fingerprint density at radius 1 is 1.43 bits per heavy atom. The van der Waals surface area contributed by atoms with E-state index >= 15 is 0 Å². The summed E-state index contributed by atoms with van der Waals surface area (Å²) in [5.74, 6) is -1.43. The van der Waals surface area contributed by atoms with Crippen molar-refractivity contribution in [2.24, 2.45) is 0 Å². The van der Waals surface area contributed by atoms with Crippen molar-refractivity contribution >= 4 is 115 Å². The maximum absolute atomic E-state index is 9.00. The molecule has 1 N–H and O–H groups in total. The van der Waals surface area contributed by atoms with Gasteiger partial charge >= 0.3 is 109 Å². The summed E-state index contributed by atoms with van der Waals surface area (Å²) >= 11 is 0. The van der Waals surface area contributed by atoms with E-state index in [4.69, 9.17) is 14.7 Å². The first-order valence-corrected chi connectivity index (χ1v) is 0.952. The van der Waals surface area contributed by atoms with Crippen LogP contribution in [0.5, 0.6) is 0 Å². The van der Waals surface area contributed by atoms with E-state index in [0.29, 0.717) is 0 Å². The molecular formula is C2H4K2O3. The maximum atomic E-state index is 9.00. The molecule has 3 nitrogen and oxygen atoms in total. The summed E-state index contributed by atoms with van der Waals surface area (Å²) in [5, 5.41) is 7.35. The van der Waals surface area contributed by atoms with Crippen LogP contribution in [0, 0.1) is 0 Å². The van der Waals surface area contributed by atoms with Gasteiger partial charge in [-0.25, -0.2) is 4.79 Å². The van der Waals surface area contributed by atoms with Crippen LogP contribution < -0.4 is 0 Å². The topological polar surface area (TPSA) is 54.4 Å². The van der Waals surface area contributed by atoms with Gasteiger partial charge in [0.15, 0.2) is 0 Å². The second kappa shape index (κ2) is 11.2. The van der Waals surface area contributed by atoms with Crippen LogP contribution in [0.2, 0.25) is 0 Å². The molecule has 0 rings (SSSR count). The summed E-state index contributed by atoms with van der Waals surface area (Å²) in [5.41, 5.74) is 0. The number of carbonyl (C=O) groups is 2. The van der Waals surface area contributed by atoms with Crippen LogP contribution >= 0.6 is 0 Å². The minimum atomic E-state index is -1.43. The van der Waals surface area contributed by atoms with Crippen molar-refractivity contribution in [1.82, 2.24) is 0 Å². The van der Waals surface area contributed by atoms with E-state index in [2.05, 4.69) is 0 Å². The fourth-order valence-electron chi connectivity index (χ4n) is 0. The van der Waals surface area contributed by atoms with Gasteiger partial charge in [0.05, 0.1) is 0 Å². The summed E-state index contributed by atoms with van der Waals surface area (Å²) in [4.78, 5) is 17.9. The molecule has 0 bridgehead atoms. The first-order valence-electron chi connectivity index (χ1n) is 0.952. The van der Waals surface area contributed by atoms with Crippen molar-refractivity contribution in [2.45, 2.75) is 0 Å². The number of aliphatic carboxylic acids is 1. The number of carbonyl (C=O) groups excluding carboxylic acids is 1. The first kappa shape index (κ1) is 16.2. The third kappa shape index (κ3) is 17.8. The Morgan fingerprint density at radius 3 is 1.57 bits per heavy atom. The van der Waals surface area contributed by atoms with E-state index in [0.717, 1.165) is 0 Å². The molecular weight excluding hydrogens is 150 g/mol. The van der Waals surface area contributed by atoms with Crippen LogP contribution in [0.15, 0.2) is 0 Å². The molecule has 32 valence electrons. The van der Waals surface area contributed by atoms with Crippen LogP contribution in [0.3, 0.4) is 0 Å². The molecule has 0 amide bonds. The molecule has 0 radical (unpaired) electrons. The minimum absolute atomic E-state index is 0. The fourth-order valence-corrected chi connectivity index (χ4v) is 0. The van der Waals surface area contributed by atoms with Gasteiger partial charge in [0.2, 0.25) is 6.29 Å². The van der Waals surface area contributed by atoms with Crippen molar-refractivity contribution < 1.29 is 14.7 Å². The Balaban J connectivity index is -0.0000000800. The van der Waals surface area contributed by atoms with E-state index in [9.17, 15) is 0 Å². The SMILES string of the molecule is O=CC(=O)O.[KH].[KH]. The van der Waals surface area contributed by atoms with Gasteiger partial charge in [0.1, 0.15) is 0 Å². The Kier molecular flexibility index (Phi) is 26.0. The van der Waals surface area contributed by atoms with Crippen molar-refractivity contribution in [3.63, 3.8) is 0 Å². The van der Waals surface area contributed by atoms with E-state index < -0.39 is 5.97 Å². The van der Waals surface area contributed by atoms with Crippen molar-refractivity contribution in [3.05, 3.63) is 0 Å². The number of hydrogen-bond donors (Lipinski definition) is 1. The number of rotatable bonds is 1. The Morgan fingerprint density at radius 2 is 1.57 bits per heavy atom. The summed E-state index contributed by atoms with van der Waals surface area (Å²) in [6.07, 6.45) is -0.167. The second-order valence-electron chi connectivity index (χ2n) is 0.456. The van der Waals surface area contributed by atoms with Gasteiger partial charge in [-0.15, -0.1) is 0 Å². The number of aldehydes is 1. The fraction of sp³-hybridized carbons (Fsp3) is 0. The normalized spacial score (nSPS) is 4.57. The van der Waals surface area contributed by atoms with E-state index in [1.54, 1.807) is 0 Å². The van der Waals surface area contributed by atoms with Gasteiger partial charge in [-0.2, -0.15) is 0 Å². The molecule has 0 unspecified atom stereocenters. The zero-order chi connectivity index (χ0) is 4.28. The monoisotopic (exact) mass is 154 g/mol. The second-order valence-corrected chi connectivity index (χ2v) is 0.456. The van der Waals surface area contributed by atoms with Crippen LogP contribution in [0.1, 0.15) is 0 Å². The molecule has 0 saturated heterocycles. The third-order valence-corrected chi connectivity index (χ3v) is 0.101. The first-order chi connectivity index (χ1) is 2.27. The molecule has 0 aromatic heterocycles. The van der Waals surface area contributed by atoms with Gasteiger partial charge in [0.25, 0.3) is 0 Å². The van der Waals surface area contributed by atoms with Crippen LogP contribution in [0.4, 0.5) is 0 Å². The summed E-state index contributed by atoms with van der Waals surface area (Å²) < 4.78 is 0. The third-order valence-electron chi connectivity index (χ3n) is 0.101. The van der Waals surface area contributed by atoms with Gasteiger partial charge in [-0.05, 0) is 0 Å². The summed E-state index contributed by atoms with van der Waals surface area (Å²) in [6, 6.07) is 0. The molecule has 7 heavy (non-hydrogen) atoms. The van der Waals surface area contributed by atoms with Gasteiger partial charge in [0, 0.05) is 0 Å². The zero-order valence-corrected chi connectivity index (χ0v) is 2.34. The predicted octanol–water partition coefficient (Wildman–Crippen LogP) is -2.03. The molecule has 0 saturated carbocycles. The molecule has 0 aliphatic carbocycles. The van der Waals surface area contributed by atoms with E-state index in [1.165, 1.54) is 0 Å². The van der Waals surface area contributed by atoms with Gasteiger partial charge < -0.3 is 5.11 Å². The van der Waals surface area contributed by atoms with Crippen molar-refractivity contribution in [1.29, 1.82) is 0 Å². The predicted molar refractivity (Wildman–Crippen MR) is 28.0 cm³/mol. The number of carboxylic acid groups (broad SMARTS) is 1. The molecule has 0 fully saturated rings. The average Bonchev–Trinajstić information content (AvgIpc) is 1.38. The summed E-state index contributed by atoms with van der Waals surface area (Å²) in [7, 11) is 0. The van der Waals surface area contributed by atoms with Gasteiger partial charge in [-0.3, -0.25) is 4.79 Å². The molecule has 0 aliphatic heterocycles. The molecule has 0 aromatic rings. The van der Waals surface area contributed by atoms with E-state index in [-0.39, 0.29) is 109 Å². The molecule has 0 spiro atoms. The molecule has 0 aliphatic rings. The number of carboxylic acids is 1. The van der Waals surface area contributed by atoms with Crippen LogP contribution in [-0.4, -0.2) is 120 Å². The van der Waals surface area contributed by atoms with Gasteiger partial charge in [-0.1, -0.05) is 0 Å². The standard InChI is InChI=1S/C2H2O3.2K.2H/c3-1-2(4)5;;;;/h1H,(H,4,5);;;;. The molecule has 5 heteroatoms. The number of hydrogen-bond acceptors (Lipinski definition) is 2. The molecule has 0 heterocycles. The Labute approximate surface area is 126 Å². The molecule has 0 atom stereocenters. The average molecular weight is 154 g/mol. The zero-order valence-electron chi connectivity index (χ0n) is 2.34. The quantitative estimate of drug-likeness (QED) is 0.269.